The van der Waals surface area contributed by atoms with E-state index in [2.05, 4.69) is 112 Å². The Balaban J connectivity index is 1.07. The molecule has 7 aromatic carbocycles. The third kappa shape index (κ3) is 13.9. The SMILES string of the molecule is C#Cc1cccc(Nc2nc(Nc3cccc(C#C)c3)nc(Oc3cc(Oc4nc(Nc5cccc(C#C)c5)nc(Nc5cccc(C#C)c5)n4)cc(Oc4nc(Nc5cccc(C#C)c5)nc(Nc5cccc(C#C)c5)n4)c3)n2)c1. The van der Waals surface area contributed by atoms with Gasteiger partial charge in [0.25, 0.3) is 0 Å². The zero-order valence-electron chi connectivity index (χ0n) is 42.3. The number of anilines is 12. The lowest BCUT2D eigenvalue weighted by Crippen LogP contribution is -2.07. The summed E-state index contributed by atoms with van der Waals surface area (Å²) in [5, 5.41) is 19.1. The van der Waals surface area contributed by atoms with E-state index in [1.165, 1.54) is 18.2 Å². The monoisotopic (exact) mass is 1050 g/mol. The molecular weight excluding hydrogens is 1010 g/mol. The molecule has 0 amide bonds. The van der Waals surface area contributed by atoms with Gasteiger partial charge in [-0.05, 0) is 109 Å². The number of terminal acetylenes is 6. The topological polar surface area (TPSA) is 216 Å². The highest BCUT2D eigenvalue weighted by Gasteiger charge is 2.18. The third-order valence-electron chi connectivity index (χ3n) is 11.0. The lowest BCUT2D eigenvalue weighted by Gasteiger charge is -2.14. The first kappa shape index (κ1) is 51.6. The van der Waals surface area contributed by atoms with Crippen LogP contribution in [0.2, 0.25) is 0 Å². The van der Waals surface area contributed by atoms with Crippen LogP contribution >= 0.6 is 0 Å². The lowest BCUT2D eigenvalue weighted by molar-refractivity contribution is 0.404. The van der Waals surface area contributed by atoms with E-state index in [1.807, 2.05) is 0 Å². The van der Waals surface area contributed by atoms with Crippen LogP contribution in [0, 0.1) is 74.1 Å². The maximum absolute atomic E-state index is 6.49. The Bertz CT molecular complexity index is 3620. The highest BCUT2D eigenvalue weighted by atomic mass is 16.5. The van der Waals surface area contributed by atoms with E-state index < -0.39 is 0 Å². The Morgan fingerprint density at radius 2 is 0.432 bits per heavy atom. The maximum atomic E-state index is 6.49. The Morgan fingerprint density at radius 3 is 0.605 bits per heavy atom. The molecule has 18 heteroatoms. The first-order valence-electron chi connectivity index (χ1n) is 24.1. The highest BCUT2D eigenvalue weighted by molar-refractivity contribution is 5.65. The molecule has 10 aromatic rings. The molecule has 3 heterocycles. The van der Waals surface area contributed by atoms with Crippen molar-refractivity contribution in [2.24, 2.45) is 0 Å². The van der Waals surface area contributed by atoms with Gasteiger partial charge in [-0.1, -0.05) is 71.9 Å². The number of nitrogens with one attached hydrogen (secondary N) is 6. The van der Waals surface area contributed by atoms with Gasteiger partial charge in [-0.25, -0.2) is 0 Å². The van der Waals surface area contributed by atoms with E-state index in [0.717, 1.165) is 0 Å². The third-order valence-corrected chi connectivity index (χ3v) is 11.0. The van der Waals surface area contributed by atoms with Crippen molar-refractivity contribution in [1.29, 1.82) is 0 Å². The summed E-state index contributed by atoms with van der Waals surface area (Å²) in [7, 11) is 0. The maximum Gasteiger partial charge on any atom is 0.328 e. The number of ether oxygens (including phenoxy) is 3. The van der Waals surface area contributed by atoms with Gasteiger partial charge in [0.05, 0.1) is 0 Å². The minimum absolute atomic E-state index is 0.0835. The van der Waals surface area contributed by atoms with Crippen molar-refractivity contribution >= 4 is 69.8 Å². The van der Waals surface area contributed by atoms with E-state index in [-0.39, 0.29) is 71.0 Å². The molecule has 0 spiro atoms. The predicted molar refractivity (Wildman–Crippen MR) is 312 cm³/mol. The van der Waals surface area contributed by atoms with Crippen molar-refractivity contribution in [3.8, 4) is 109 Å². The van der Waals surface area contributed by atoms with Gasteiger partial charge in [0.1, 0.15) is 17.2 Å². The number of hydrogen-bond donors (Lipinski definition) is 6. The van der Waals surface area contributed by atoms with Gasteiger partial charge in [0, 0.05) is 85.7 Å². The van der Waals surface area contributed by atoms with Crippen LogP contribution in [0.15, 0.2) is 164 Å². The fourth-order valence-electron chi connectivity index (χ4n) is 7.48. The van der Waals surface area contributed by atoms with Crippen molar-refractivity contribution < 1.29 is 14.2 Å². The van der Waals surface area contributed by atoms with Gasteiger partial charge in [-0.15, -0.1) is 38.5 Å². The molecular formula is C63H39N15O3. The summed E-state index contributed by atoms with van der Waals surface area (Å²) in [6, 6.07) is 47.0. The summed E-state index contributed by atoms with van der Waals surface area (Å²) >= 11 is 0. The van der Waals surface area contributed by atoms with E-state index in [4.69, 9.17) is 52.8 Å². The zero-order chi connectivity index (χ0) is 55.9. The van der Waals surface area contributed by atoms with Crippen molar-refractivity contribution in [1.82, 2.24) is 44.9 Å². The number of benzene rings is 7. The van der Waals surface area contributed by atoms with Gasteiger partial charge in [0.15, 0.2) is 0 Å². The second-order valence-corrected chi connectivity index (χ2v) is 16.8. The fraction of sp³-hybridized carbons (Fsp3) is 0. The molecule has 0 aliphatic rings. The van der Waals surface area contributed by atoms with E-state index >= 15 is 0 Å². The van der Waals surface area contributed by atoms with Crippen molar-refractivity contribution in [2.75, 3.05) is 31.9 Å². The van der Waals surface area contributed by atoms with Crippen LogP contribution in [0.4, 0.5) is 69.8 Å². The van der Waals surface area contributed by atoms with Crippen LogP contribution in [-0.4, -0.2) is 44.9 Å². The summed E-state index contributed by atoms with van der Waals surface area (Å²) in [6.45, 7) is 0. The van der Waals surface area contributed by atoms with Crippen LogP contribution in [0.5, 0.6) is 35.3 Å². The standard InChI is InChI=1S/C63H39N15O3/c1-7-40-19-13-25-46(31-40)64-55-70-56(65-47-26-14-20-41(8-2)32-47)74-61(73-55)79-52-37-53(80-62-75-57(66-48-27-15-21-42(9-3)33-48)71-58(76-62)67-49-28-16-22-43(10-4)34-49)39-54(38-52)81-63-77-59(68-50-29-17-23-44(11-5)35-50)72-60(78-63)69-51-30-18-24-45(12-6)36-51/h1-6,13-39H,(H2,64,65,70,73,74)(H2,66,67,71,75,76)(H2,68,69,72,77,78). The van der Waals surface area contributed by atoms with Gasteiger partial charge in [-0.2, -0.15) is 44.9 Å². The molecule has 0 unspecified atom stereocenters. The molecule has 0 bridgehead atoms. The largest absolute Gasteiger partial charge is 0.424 e. The van der Waals surface area contributed by atoms with Gasteiger partial charge in [0.2, 0.25) is 35.7 Å². The number of rotatable bonds is 18. The van der Waals surface area contributed by atoms with E-state index in [1.54, 1.807) is 146 Å². The smallest absolute Gasteiger partial charge is 0.328 e. The normalized spacial score (nSPS) is 10.1. The zero-order valence-corrected chi connectivity index (χ0v) is 42.3. The van der Waals surface area contributed by atoms with Gasteiger partial charge in [-0.3, -0.25) is 0 Å². The second-order valence-electron chi connectivity index (χ2n) is 16.8. The Morgan fingerprint density at radius 1 is 0.247 bits per heavy atom. The van der Waals surface area contributed by atoms with E-state index in [0.29, 0.717) is 67.5 Å². The fourth-order valence-corrected chi connectivity index (χ4v) is 7.48. The molecule has 0 aliphatic heterocycles. The first-order chi connectivity index (χ1) is 39.6. The average molecular weight is 1050 g/mol. The summed E-state index contributed by atoms with van der Waals surface area (Å²) < 4.78 is 19.5. The number of aromatic nitrogens is 9. The molecule has 0 atom stereocenters. The van der Waals surface area contributed by atoms with Crippen LogP contribution in [0.25, 0.3) is 0 Å². The Hall–Kier alpha value is -12.9. The lowest BCUT2D eigenvalue weighted by atomic mass is 10.2. The van der Waals surface area contributed by atoms with Crippen LogP contribution < -0.4 is 46.1 Å². The minimum Gasteiger partial charge on any atom is -0.424 e. The second kappa shape index (κ2) is 24.2. The van der Waals surface area contributed by atoms with Crippen LogP contribution in [0.1, 0.15) is 33.4 Å². The summed E-state index contributed by atoms with van der Waals surface area (Å²) in [5.74, 6) is 16.6. The van der Waals surface area contributed by atoms with E-state index in [9.17, 15) is 0 Å². The molecule has 0 radical (unpaired) electrons. The molecule has 18 nitrogen and oxygen atoms in total. The molecule has 384 valence electrons. The van der Waals surface area contributed by atoms with Crippen molar-refractivity contribution in [3.05, 3.63) is 197 Å². The molecule has 10 rings (SSSR count). The van der Waals surface area contributed by atoms with Crippen molar-refractivity contribution in [3.63, 3.8) is 0 Å². The van der Waals surface area contributed by atoms with Crippen molar-refractivity contribution in [2.45, 2.75) is 0 Å². The highest BCUT2D eigenvalue weighted by Crippen LogP contribution is 2.36. The average Bonchev–Trinajstić information content (AvgIpc) is 3.48. The molecule has 0 saturated heterocycles. The quantitative estimate of drug-likeness (QED) is 0.0441. The minimum atomic E-state index is -0.178. The summed E-state index contributed by atoms with van der Waals surface area (Å²) in [6.07, 6.45) is 34.4. The molecule has 0 saturated carbocycles. The summed E-state index contributed by atoms with van der Waals surface area (Å²) in [5.41, 5.74) is 7.30. The Kier molecular flexibility index (Phi) is 15.4. The van der Waals surface area contributed by atoms with Gasteiger partial charge >= 0.3 is 18.0 Å². The summed E-state index contributed by atoms with van der Waals surface area (Å²) in [4.78, 5) is 41.7. The predicted octanol–water partition coefficient (Wildman–Crippen LogP) is 12.0. The first-order valence-corrected chi connectivity index (χ1v) is 24.1. The van der Waals surface area contributed by atoms with Crippen LogP contribution in [0.3, 0.4) is 0 Å². The molecule has 81 heavy (non-hydrogen) atoms. The number of hydrogen-bond acceptors (Lipinski definition) is 18. The molecule has 0 aliphatic carbocycles. The van der Waals surface area contributed by atoms with Crippen LogP contribution in [-0.2, 0) is 0 Å². The Labute approximate surface area is 465 Å². The molecule has 3 aromatic heterocycles. The molecule has 6 N–H and O–H groups in total. The number of nitrogens with zero attached hydrogens (tertiary/aromatic N) is 9. The molecule has 0 fully saturated rings. The van der Waals surface area contributed by atoms with Gasteiger partial charge < -0.3 is 46.1 Å².